The van der Waals surface area contributed by atoms with Gasteiger partial charge in [-0.1, -0.05) is 30.9 Å². The number of aromatic nitrogens is 1. The first-order valence-corrected chi connectivity index (χ1v) is 5.30. The predicted molar refractivity (Wildman–Crippen MR) is 69.1 cm³/mol. The van der Waals surface area contributed by atoms with E-state index in [0.717, 1.165) is 22.6 Å². The number of hydrogen-bond donors (Lipinski definition) is 1. The highest BCUT2D eigenvalue weighted by Gasteiger charge is 1.95. The zero-order valence-electron chi connectivity index (χ0n) is 8.85. The molecular formula is C13H15NS. The smallest absolute Gasteiger partial charge is 0.0696 e. The highest BCUT2D eigenvalue weighted by Crippen LogP contribution is 2.13. The Labute approximate surface area is 96.7 Å². The summed E-state index contributed by atoms with van der Waals surface area (Å²) < 4.78 is 0. The Morgan fingerprint density at radius 1 is 1.47 bits per heavy atom. The molecule has 0 saturated heterocycles. The number of thiol groups is 1. The molecule has 1 rings (SSSR count). The van der Waals surface area contributed by atoms with Gasteiger partial charge in [0.2, 0.25) is 0 Å². The summed E-state index contributed by atoms with van der Waals surface area (Å²) in [4.78, 5) is 5.10. The quantitative estimate of drug-likeness (QED) is 0.458. The molecule has 1 aromatic rings. The van der Waals surface area contributed by atoms with E-state index < -0.39 is 0 Å². The minimum absolute atomic E-state index is 0.865. The van der Waals surface area contributed by atoms with E-state index in [9.17, 15) is 0 Å². The first-order valence-electron chi connectivity index (χ1n) is 4.86. The molecule has 0 aromatic carbocycles. The molecule has 15 heavy (non-hydrogen) atoms. The molecule has 2 heteroatoms. The summed E-state index contributed by atoms with van der Waals surface area (Å²) in [7, 11) is 0. The van der Waals surface area contributed by atoms with E-state index in [1.54, 1.807) is 6.20 Å². The number of allylic oxidation sites excluding steroid dienone is 5. The molecule has 0 fully saturated rings. The molecule has 0 amide bonds. The van der Waals surface area contributed by atoms with Crippen molar-refractivity contribution in [2.75, 3.05) is 0 Å². The predicted octanol–water partition coefficient (Wildman–Crippen LogP) is 3.91. The van der Waals surface area contributed by atoms with Gasteiger partial charge in [-0.05, 0) is 31.1 Å². The average Bonchev–Trinajstić information content (AvgIpc) is 2.25. The second-order valence-electron chi connectivity index (χ2n) is 3.13. The van der Waals surface area contributed by atoms with Crippen LogP contribution in [0.2, 0.25) is 0 Å². The monoisotopic (exact) mass is 217 g/mol. The summed E-state index contributed by atoms with van der Waals surface area (Å²) in [5.41, 5.74) is 1.82. The van der Waals surface area contributed by atoms with Gasteiger partial charge in [-0.3, -0.25) is 4.98 Å². The van der Waals surface area contributed by atoms with Gasteiger partial charge in [0.25, 0.3) is 0 Å². The van der Waals surface area contributed by atoms with Crippen LogP contribution in [0.3, 0.4) is 0 Å². The summed E-state index contributed by atoms with van der Waals surface area (Å²) >= 11 is 4.18. The third kappa shape index (κ3) is 4.17. The van der Waals surface area contributed by atoms with Gasteiger partial charge in [-0.2, -0.15) is 0 Å². The van der Waals surface area contributed by atoms with Crippen molar-refractivity contribution in [2.24, 2.45) is 0 Å². The second-order valence-corrected chi connectivity index (χ2v) is 3.65. The Morgan fingerprint density at radius 3 is 2.87 bits per heavy atom. The molecule has 1 nitrogen and oxygen atoms in total. The Bertz CT molecular complexity index is 374. The van der Waals surface area contributed by atoms with Crippen LogP contribution in [0, 0.1) is 0 Å². The average molecular weight is 217 g/mol. The summed E-state index contributed by atoms with van der Waals surface area (Å²) in [5, 5.41) is 0. The van der Waals surface area contributed by atoms with Gasteiger partial charge in [0, 0.05) is 11.1 Å². The van der Waals surface area contributed by atoms with Gasteiger partial charge in [-0.25, -0.2) is 0 Å². The number of pyridine rings is 1. The molecule has 0 radical (unpaired) electrons. The topological polar surface area (TPSA) is 12.9 Å². The van der Waals surface area contributed by atoms with Gasteiger partial charge in [0.1, 0.15) is 0 Å². The Morgan fingerprint density at radius 2 is 2.27 bits per heavy atom. The zero-order valence-corrected chi connectivity index (χ0v) is 9.74. The van der Waals surface area contributed by atoms with E-state index in [2.05, 4.69) is 36.3 Å². The van der Waals surface area contributed by atoms with E-state index in [1.165, 1.54) is 0 Å². The molecular weight excluding hydrogens is 202 g/mol. The van der Waals surface area contributed by atoms with E-state index >= 15 is 0 Å². The van der Waals surface area contributed by atoms with Crippen molar-refractivity contribution in [1.29, 1.82) is 0 Å². The highest BCUT2D eigenvalue weighted by atomic mass is 32.1. The third-order valence-corrected chi connectivity index (χ3v) is 2.17. The number of rotatable bonds is 4. The van der Waals surface area contributed by atoms with Crippen molar-refractivity contribution >= 4 is 18.2 Å². The molecule has 0 aliphatic heterocycles. The molecule has 0 saturated carbocycles. The highest BCUT2D eigenvalue weighted by molar-refractivity contribution is 7.80. The van der Waals surface area contributed by atoms with E-state index in [4.69, 9.17) is 0 Å². The molecule has 0 unspecified atom stereocenters. The van der Waals surface area contributed by atoms with Crippen LogP contribution in [-0.4, -0.2) is 4.98 Å². The lowest BCUT2D eigenvalue weighted by atomic mass is 10.1. The lowest BCUT2D eigenvalue weighted by Gasteiger charge is -1.98. The molecule has 0 spiro atoms. The Kier molecular flexibility index (Phi) is 4.91. The maximum atomic E-state index is 4.23. The SMILES string of the molecule is C=C(/C=C\C/C=C\C)c1ccc(S)cn1. The van der Waals surface area contributed by atoms with Crippen molar-refractivity contribution in [3.05, 3.63) is 54.9 Å². The summed E-state index contributed by atoms with van der Waals surface area (Å²) in [5.74, 6) is 0. The summed E-state index contributed by atoms with van der Waals surface area (Å²) in [6.45, 7) is 5.96. The zero-order chi connectivity index (χ0) is 11.1. The van der Waals surface area contributed by atoms with Crippen molar-refractivity contribution in [3.8, 4) is 0 Å². The number of nitrogens with zero attached hydrogens (tertiary/aromatic N) is 1. The molecule has 1 heterocycles. The largest absolute Gasteiger partial charge is 0.255 e. The molecule has 0 N–H and O–H groups in total. The van der Waals surface area contributed by atoms with Crippen LogP contribution < -0.4 is 0 Å². The van der Waals surface area contributed by atoms with Gasteiger partial charge in [0.15, 0.2) is 0 Å². The van der Waals surface area contributed by atoms with E-state index in [0.29, 0.717) is 0 Å². The Balaban J connectivity index is 2.61. The fraction of sp³-hybridized carbons (Fsp3) is 0.154. The van der Waals surface area contributed by atoms with Crippen molar-refractivity contribution in [3.63, 3.8) is 0 Å². The van der Waals surface area contributed by atoms with Crippen molar-refractivity contribution in [1.82, 2.24) is 4.98 Å². The first kappa shape index (κ1) is 11.8. The second kappa shape index (κ2) is 6.25. The van der Waals surface area contributed by atoms with Crippen LogP contribution in [0.1, 0.15) is 19.0 Å². The maximum absolute atomic E-state index is 4.23. The molecule has 0 aliphatic rings. The van der Waals surface area contributed by atoms with Gasteiger partial charge >= 0.3 is 0 Å². The van der Waals surface area contributed by atoms with Gasteiger partial charge in [-0.15, -0.1) is 12.6 Å². The minimum Gasteiger partial charge on any atom is -0.255 e. The minimum atomic E-state index is 0.865. The maximum Gasteiger partial charge on any atom is 0.0696 e. The fourth-order valence-electron chi connectivity index (χ4n) is 1.09. The van der Waals surface area contributed by atoms with Gasteiger partial charge in [0.05, 0.1) is 5.69 Å². The molecule has 1 aromatic heterocycles. The molecule has 0 aliphatic carbocycles. The van der Waals surface area contributed by atoms with Crippen LogP contribution in [0.4, 0.5) is 0 Å². The van der Waals surface area contributed by atoms with Crippen molar-refractivity contribution in [2.45, 2.75) is 18.2 Å². The van der Waals surface area contributed by atoms with E-state index in [1.807, 2.05) is 31.2 Å². The van der Waals surface area contributed by atoms with Gasteiger partial charge < -0.3 is 0 Å². The third-order valence-electron chi connectivity index (χ3n) is 1.90. The van der Waals surface area contributed by atoms with Crippen LogP contribution in [-0.2, 0) is 0 Å². The number of hydrogen-bond acceptors (Lipinski definition) is 2. The van der Waals surface area contributed by atoms with Crippen LogP contribution in [0.25, 0.3) is 5.57 Å². The molecule has 0 bridgehead atoms. The van der Waals surface area contributed by atoms with Crippen LogP contribution >= 0.6 is 12.6 Å². The summed E-state index contributed by atoms with van der Waals surface area (Å²) in [6, 6.07) is 3.83. The normalized spacial score (nSPS) is 11.3. The molecule has 0 atom stereocenters. The lowest BCUT2D eigenvalue weighted by molar-refractivity contribution is 1.21. The van der Waals surface area contributed by atoms with E-state index in [-0.39, 0.29) is 0 Å². The fourth-order valence-corrected chi connectivity index (χ4v) is 1.22. The Hall–Kier alpha value is -1.28. The molecule has 78 valence electrons. The van der Waals surface area contributed by atoms with Crippen LogP contribution in [0.5, 0.6) is 0 Å². The van der Waals surface area contributed by atoms with Crippen molar-refractivity contribution < 1.29 is 0 Å². The summed E-state index contributed by atoms with van der Waals surface area (Å²) in [6.07, 6.45) is 10.8. The standard InChI is InChI=1S/C13H15NS/c1-3-4-5-6-7-11(2)13-9-8-12(15)10-14-13/h3-4,6-10,15H,2,5H2,1H3/b4-3-,7-6-. The van der Waals surface area contributed by atoms with Crippen LogP contribution in [0.15, 0.2) is 54.1 Å². The first-order chi connectivity index (χ1) is 7.24. The lowest BCUT2D eigenvalue weighted by Crippen LogP contribution is -1.84.